The maximum absolute atomic E-state index is 14.1. The molecule has 1 amide bonds. The molecule has 0 saturated carbocycles. The fourth-order valence-electron chi connectivity index (χ4n) is 4.39. The highest BCUT2D eigenvalue weighted by Crippen LogP contribution is 2.55. The van der Waals surface area contributed by atoms with E-state index in [0.717, 1.165) is 11.3 Å². The maximum Gasteiger partial charge on any atom is 0.248 e. The third kappa shape index (κ3) is 2.11. The van der Waals surface area contributed by atoms with Crippen LogP contribution in [0.5, 0.6) is 5.88 Å². The predicted octanol–water partition coefficient (Wildman–Crippen LogP) is 2.64. The first-order chi connectivity index (χ1) is 14.1. The molecule has 0 fully saturated rings. The number of carbonyl (C=O) groups is 1. The Labute approximate surface area is 167 Å². The Bertz CT molecular complexity index is 1220. The molecular weight excluding hydrogens is 366 g/mol. The molecule has 1 atom stereocenters. The van der Waals surface area contributed by atoms with E-state index >= 15 is 0 Å². The molecule has 2 aliphatic rings. The Kier molecular flexibility index (Phi) is 3.52. The van der Waals surface area contributed by atoms with E-state index in [0.29, 0.717) is 23.4 Å². The fraction of sp³-hybridized carbons (Fsp3) is 0.136. The molecule has 0 radical (unpaired) electrons. The Morgan fingerprint density at radius 1 is 1.21 bits per heavy atom. The number of nitriles is 1. The zero-order chi connectivity index (χ0) is 20.2. The summed E-state index contributed by atoms with van der Waals surface area (Å²) < 4.78 is 5.58. The van der Waals surface area contributed by atoms with Gasteiger partial charge in [-0.2, -0.15) is 5.26 Å². The third-order valence-corrected chi connectivity index (χ3v) is 5.58. The zero-order valence-corrected chi connectivity index (χ0v) is 15.6. The van der Waals surface area contributed by atoms with Crippen LogP contribution in [0.1, 0.15) is 22.4 Å². The number of rotatable bonds is 2. The Morgan fingerprint density at radius 2 is 1.93 bits per heavy atom. The number of anilines is 1. The van der Waals surface area contributed by atoms with Crippen molar-refractivity contribution in [1.29, 1.82) is 5.26 Å². The molecule has 3 N–H and O–H groups in total. The lowest BCUT2D eigenvalue weighted by Crippen LogP contribution is -2.45. The summed E-state index contributed by atoms with van der Waals surface area (Å²) in [7, 11) is 0. The van der Waals surface area contributed by atoms with Gasteiger partial charge in [-0.25, -0.2) is 0 Å². The van der Waals surface area contributed by atoms with Crippen LogP contribution in [0, 0.1) is 18.3 Å². The van der Waals surface area contributed by atoms with E-state index < -0.39 is 5.41 Å². The highest BCUT2D eigenvalue weighted by Gasteiger charge is 2.60. The second-order valence-corrected chi connectivity index (χ2v) is 7.13. The molecule has 7 nitrogen and oxygen atoms in total. The minimum absolute atomic E-state index is 0.0857. The molecule has 7 heteroatoms. The van der Waals surface area contributed by atoms with Crippen LogP contribution in [0.3, 0.4) is 0 Å². The van der Waals surface area contributed by atoms with Crippen LogP contribution in [0.25, 0.3) is 0 Å². The van der Waals surface area contributed by atoms with E-state index in [1.165, 1.54) is 0 Å². The molecule has 2 aliphatic heterocycles. The molecule has 0 bridgehead atoms. The van der Waals surface area contributed by atoms with Crippen LogP contribution in [0.15, 0.2) is 66.1 Å². The van der Waals surface area contributed by atoms with Crippen LogP contribution in [0.4, 0.5) is 5.69 Å². The van der Waals surface area contributed by atoms with E-state index in [9.17, 15) is 10.1 Å². The van der Waals surface area contributed by atoms with Crippen molar-refractivity contribution in [2.24, 2.45) is 5.73 Å². The van der Waals surface area contributed by atoms with Gasteiger partial charge in [0, 0.05) is 16.9 Å². The Balaban J connectivity index is 1.80. The third-order valence-electron chi connectivity index (χ3n) is 5.58. The number of amides is 1. The summed E-state index contributed by atoms with van der Waals surface area (Å²) in [4.78, 5) is 15.8. The van der Waals surface area contributed by atoms with E-state index in [1.807, 2.05) is 61.5 Å². The number of benzene rings is 2. The predicted molar refractivity (Wildman–Crippen MR) is 106 cm³/mol. The van der Waals surface area contributed by atoms with Crippen molar-refractivity contribution in [1.82, 2.24) is 10.2 Å². The molecule has 3 heterocycles. The van der Waals surface area contributed by atoms with Gasteiger partial charge in [0.05, 0.1) is 12.1 Å². The summed E-state index contributed by atoms with van der Waals surface area (Å²) >= 11 is 0. The van der Waals surface area contributed by atoms with Crippen molar-refractivity contribution < 1.29 is 9.53 Å². The standard InChI is InChI=1S/C22H17N5O2/c1-13-18-20(26-25-13)29-19(24)16(11-23)22(18)15-9-5-6-10-17(15)27(21(22)28)12-14-7-3-2-4-8-14/h2-10H,12,24H2,1H3,(H,25,26). The molecule has 5 rings (SSSR count). The van der Waals surface area contributed by atoms with Gasteiger partial charge in [-0.05, 0) is 18.6 Å². The molecule has 3 aromatic rings. The topological polar surface area (TPSA) is 108 Å². The summed E-state index contributed by atoms with van der Waals surface area (Å²) in [5.74, 6) is -0.115. The number of nitrogens with one attached hydrogen (secondary N) is 1. The van der Waals surface area contributed by atoms with Crippen LogP contribution in [-0.4, -0.2) is 16.1 Å². The number of ether oxygens (including phenoxy) is 1. The van der Waals surface area contributed by atoms with Gasteiger partial charge in [0.1, 0.15) is 17.1 Å². The number of nitrogens with zero attached hydrogens (tertiary/aromatic N) is 3. The number of fused-ring (bicyclic) bond motifs is 4. The van der Waals surface area contributed by atoms with Gasteiger partial charge in [0.2, 0.25) is 17.7 Å². The van der Waals surface area contributed by atoms with Gasteiger partial charge in [-0.15, -0.1) is 5.10 Å². The number of aryl methyl sites for hydroxylation is 1. The van der Waals surface area contributed by atoms with Gasteiger partial charge >= 0.3 is 0 Å². The SMILES string of the molecule is Cc1[nH]nc2c1C1(C(=O)N(Cc3ccccc3)c3ccccc31)C(C#N)=C(N)O2. The summed E-state index contributed by atoms with van der Waals surface area (Å²) in [6.45, 7) is 2.19. The van der Waals surface area contributed by atoms with Crippen molar-refractivity contribution in [2.45, 2.75) is 18.9 Å². The number of nitrogens with two attached hydrogens (primary N) is 1. The number of aromatic nitrogens is 2. The number of H-pyrrole nitrogens is 1. The molecule has 1 spiro atoms. The highest BCUT2D eigenvalue weighted by atomic mass is 16.5. The summed E-state index contributed by atoms with van der Waals surface area (Å²) in [6, 6.07) is 19.4. The van der Waals surface area contributed by atoms with Crippen molar-refractivity contribution in [2.75, 3.05) is 4.90 Å². The van der Waals surface area contributed by atoms with E-state index in [-0.39, 0.29) is 23.2 Å². The lowest BCUT2D eigenvalue weighted by molar-refractivity contribution is -0.121. The first-order valence-electron chi connectivity index (χ1n) is 9.18. The number of hydrogen-bond acceptors (Lipinski definition) is 5. The van der Waals surface area contributed by atoms with Crippen LogP contribution < -0.4 is 15.4 Å². The summed E-state index contributed by atoms with van der Waals surface area (Å²) in [5.41, 5.74) is 8.43. The van der Waals surface area contributed by atoms with Crippen molar-refractivity contribution in [3.05, 3.63) is 88.4 Å². The van der Waals surface area contributed by atoms with Gasteiger partial charge in [0.15, 0.2) is 0 Å². The Morgan fingerprint density at radius 3 is 2.69 bits per heavy atom. The fourth-order valence-corrected chi connectivity index (χ4v) is 4.39. The van der Waals surface area contributed by atoms with E-state index in [2.05, 4.69) is 16.3 Å². The van der Waals surface area contributed by atoms with Crippen molar-refractivity contribution >= 4 is 11.6 Å². The lowest BCUT2D eigenvalue weighted by atomic mass is 9.69. The Hall–Kier alpha value is -4.05. The monoisotopic (exact) mass is 383 g/mol. The number of para-hydroxylation sites is 1. The first-order valence-corrected chi connectivity index (χ1v) is 9.18. The van der Waals surface area contributed by atoms with Gasteiger partial charge in [-0.1, -0.05) is 48.5 Å². The largest absolute Gasteiger partial charge is 0.420 e. The zero-order valence-electron chi connectivity index (χ0n) is 15.6. The smallest absolute Gasteiger partial charge is 0.248 e. The van der Waals surface area contributed by atoms with Crippen LogP contribution in [-0.2, 0) is 16.8 Å². The summed E-state index contributed by atoms with van der Waals surface area (Å²) in [5, 5.41) is 17.0. The number of aromatic amines is 1. The normalized spacial score (nSPS) is 19.7. The molecule has 2 aromatic carbocycles. The molecule has 0 saturated heterocycles. The van der Waals surface area contributed by atoms with Gasteiger partial charge in [-0.3, -0.25) is 9.89 Å². The maximum atomic E-state index is 14.1. The van der Waals surface area contributed by atoms with Crippen LogP contribution >= 0.6 is 0 Å². The van der Waals surface area contributed by atoms with E-state index in [1.54, 1.807) is 4.90 Å². The highest BCUT2D eigenvalue weighted by molar-refractivity contribution is 6.14. The number of carbonyl (C=O) groups excluding carboxylic acids is 1. The van der Waals surface area contributed by atoms with Gasteiger partial charge < -0.3 is 15.4 Å². The number of hydrogen-bond donors (Lipinski definition) is 2. The van der Waals surface area contributed by atoms with E-state index in [4.69, 9.17) is 10.5 Å². The minimum atomic E-state index is -1.38. The molecule has 0 aliphatic carbocycles. The van der Waals surface area contributed by atoms with Crippen molar-refractivity contribution in [3.63, 3.8) is 0 Å². The average molecular weight is 383 g/mol. The minimum Gasteiger partial charge on any atom is -0.420 e. The summed E-state index contributed by atoms with van der Waals surface area (Å²) in [6.07, 6.45) is 0. The molecule has 1 aromatic heterocycles. The second-order valence-electron chi connectivity index (χ2n) is 7.13. The molecule has 29 heavy (non-hydrogen) atoms. The first kappa shape index (κ1) is 17.1. The quantitative estimate of drug-likeness (QED) is 0.707. The lowest BCUT2D eigenvalue weighted by Gasteiger charge is -2.32. The molecule has 1 unspecified atom stereocenters. The van der Waals surface area contributed by atoms with Gasteiger partial charge in [0.25, 0.3) is 0 Å². The second kappa shape index (κ2) is 5.97. The molecule has 142 valence electrons. The van der Waals surface area contributed by atoms with Crippen molar-refractivity contribution in [3.8, 4) is 11.9 Å². The van der Waals surface area contributed by atoms with Crippen LogP contribution in [0.2, 0.25) is 0 Å². The average Bonchev–Trinajstić information content (AvgIpc) is 3.21. The molecular formula is C22H17N5O2.